The molecule has 0 bridgehead atoms. The molecule has 1 aromatic carbocycles. The minimum Gasteiger partial charge on any atom is -0.491 e. The second-order valence-corrected chi connectivity index (χ2v) is 7.59. The molecule has 30 heavy (non-hydrogen) atoms. The molecule has 1 aliphatic heterocycles. The number of nitrogens with zero attached hydrogens (tertiary/aromatic N) is 2. The van der Waals surface area contributed by atoms with E-state index in [2.05, 4.69) is 27.4 Å². The van der Waals surface area contributed by atoms with Crippen molar-refractivity contribution in [3.05, 3.63) is 47.9 Å². The van der Waals surface area contributed by atoms with Crippen LogP contribution in [0.25, 0.3) is 0 Å². The summed E-state index contributed by atoms with van der Waals surface area (Å²) in [6.07, 6.45) is 6.86. The van der Waals surface area contributed by atoms with Crippen LogP contribution in [0.4, 0.5) is 15.9 Å². The summed E-state index contributed by atoms with van der Waals surface area (Å²) in [6, 6.07) is 7.97. The number of carbonyl (C=O) groups is 1. The molecule has 1 saturated heterocycles. The monoisotopic (exact) mass is 430 g/mol. The molecule has 160 valence electrons. The normalized spacial score (nSPS) is 13.2. The van der Waals surface area contributed by atoms with Gasteiger partial charge in [0, 0.05) is 31.0 Å². The first-order valence-electron chi connectivity index (χ1n) is 10.3. The molecule has 1 fully saturated rings. The van der Waals surface area contributed by atoms with Crippen molar-refractivity contribution in [3.63, 3.8) is 0 Å². The number of rotatable bonds is 8. The number of anilines is 2. The smallest absolute Gasteiger partial charge is 0.261 e. The Bertz CT molecular complexity index is 887. The standard InChI is InChI=1S/C22H27FN4O2S/c1-2-3-6-14-29-19-10-9-16(15-18(19)23)25-22(30)26-21(28)17-8-7-11-24-20(17)27-12-4-5-13-27/h7-11,15H,2-6,12-14H2,1H3,(H2,25,26,28,30). The largest absolute Gasteiger partial charge is 0.491 e. The third-order valence-corrected chi connectivity index (χ3v) is 5.06. The minimum atomic E-state index is -0.478. The number of halogens is 1. The van der Waals surface area contributed by atoms with Crippen LogP contribution in [0.1, 0.15) is 49.4 Å². The molecule has 0 unspecified atom stereocenters. The number of thiocarbonyl (C=S) groups is 1. The van der Waals surface area contributed by atoms with Crippen LogP contribution in [0.5, 0.6) is 5.75 Å². The molecular formula is C22H27FN4O2S. The molecule has 0 radical (unpaired) electrons. The number of benzene rings is 1. The highest BCUT2D eigenvalue weighted by Crippen LogP contribution is 2.23. The maximum atomic E-state index is 14.3. The highest BCUT2D eigenvalue weighted by atomic mass is 32.1. The molecule has 2 N–H and O–H groups in total. The summed E-state index contributed by atoms with van der Waals surface area (Å²) in [5.74, 6) is 0.0381. The number of ether oxygens (including phenoxy) is 1. The predicted octanol–water partition coefficient (Wildman–Crippen LogP) is 4.52. The summed E-state index contributed by atoms with van der Waals surface area (Å²) in [7, 11) is 0. The van der Waals surface area contributed by atoms with Crippen LogP contribution < -0.4 is 20.3 Å². The zero-order chi connectivity index (χ0) is 21.3. The fourth-order valence-corrected chi connectivity index (χ4v) is 3.53. The van der Waals surface area contributed by atoms with Crippen molar-refractivity contribution in [1.82, 2.24) is 10.3 Å². The average molecular weight is 431 g/mol. The zero-order valence-corrected chi connectivity index (χ0v) is 17.9. The van der Waals surface area contributed by atoms with Crippen LogP contribution >= 0.6 is 12.2 Å². The second-order valence-electron chi connectivity index (χ2n) is 7.18. The minimum absolute atomic E-state index is 0.0900. The van der Waals surface area contributed by atoms with Crippen molar-refractivity contribution >= 4 is 34.7 Å². The number of amides is 1. The Hall–Kier alpha value is -2.74. The Kier molecular flexibility index (Phi) is 7.96. The first kappa shape index (κ1) is 22.0. The van der Waals surface area contributed by atoms with Crippen LogP contribution in [-0.4, -0.2) is 35.7 Å². The van der Waals surface area contributed by atoms with E-state index in [1.807, 2.05) is 0 Å². The molecule has 0 atom stereocenters. The molecule has 3 rings (SSSR count). The Morgan fingerprint density at radius 2 is 2.07 bits per heavy atom. The number of carbonyl (C=O) groups excluding carboxylic acids is 1. The number of unbranched alkanes of at least 4 members (excludes halogenated alkanes) is 2. The van der Waals surface area contributed by atoms with Gasteiger partial charge in [0.1, 0.15) is 5.82 Å². The van der Waals surface area contributed by atoms with Gasteiger partial charge in [0.25, 0.3) is 5.91 Å². The fourth-order valence-electron chi connectivity index (χ4n) is 3.32. The first-order chi connectivity index (χ1) is 14.6. The highest BCUT2D eigenvalue weighted by Gasteiger charge is 2.21. The predicted molar refractivity (Wildman–Crippen MR) is 121 cm³/mol. The number of aromatic nitrogens is 1. The van der Waals surface area contributed by atoms with Crippen LogP contribution in [-0.2, 0) is 0 Å². The molecule has 1 aliphatic rings. The number of hydrogen-bond acceptors (Lipinski definition) is 5. The van der Waals surface area contributed by atoms with Crippen molar-refractivity contribution < 1.29 is 13.9 Å². The van der Waals surface area contributed by atoms with Gasteiger partial charge in [-0.05, 0) is 55.7 Å². The lowest BCUT2D eigenvalue weighted by atomic mass is 10.2. The lowest BCUT2D eigenvalue weighted by Crippen LogP contribution is -2.35. The SMILES string of the molecule is CCCCCOc1ccc(NC(=S)NC(=O)c2cccnc2N2CCCC2)cc1F. The van der Waals surface area contributed by atoms with Gasteiger partial charge in [0.05, 0.1) is 12.2 Å². The topological polar surface area (TPSA) is 66.5 Å². The van der Waals surface area contributed by atoms with Gasteiger partial charge in [-0.15, -0.1) is 0 Å². The summed E-state index contributed by atoms with van der Waals surface area (Å²) in [4.78, 5) is 19.2. The molecular weight excluding hydrogens is 403 g/mol. The lowest BCUT2D eigenvalue weighted by Gasteiger charge is -2.19. The Morgan fingerprint density at radius 1 is 1.27 bits per heavy atom. The van der Waals surface area contributed by atoms with E-state index in [9.17, 15) is 9.18 Å². The van der Waals surface area contributed by atoms with E-state index in [-0.39, 0.29) is 16.8 Å². The molecule has 2 heterocycles. The van der Waals surface area contributed by atoms with E-state index < -0.39 is 5.82 Å². The molecule has 0 saturated carbocycles. The average Bonchev–Trinajstić information content (AvgIpc) is 3.27. The Balaban J connectivity index is 1.58. The molecule has 1 aromatic heterocycles. The molecule has 8 heteroatoms. The van der Waals surface area contributed by atoms with E-state index in [1.165, 1.54) is 6.07 Å². The van der Waals surface area contributed by atoms with E-state index in [4.69, 9.17) is 17.0 Å². The third kappa shape index (κ3) is 5.89. The maximum absolute atomic E-state index is 14.3. The van der Waals surface area contributed by atoms with Gasteiger partial charge in [0.15, 0.2) is 16.7 Å². The summed E-state index contributed by atoms with van der Waals surface area (Å²) in [5, 5.41) is 5.59. The van der Waals surface area contributed by atoms with Crippen molar-refractivity contribution in [1.29, 1.82) is 0 Å². The Labute approximate surface area is 181 Å². The van der Waals surface area contributed by atoms with Gasteiger partial charge in [-0.2, -0.15) is 0 Å². The van der Waals surface area contributed by atoms with Gasteiger partial charge in [-0.25, -0.2) is 9.37 Å². The van der Waals surface area contributed by atoms with E-state index in [0.717, 1.165) is 45.2 Å². The summed E-state index contributed by atoms with van der Waals surface area (Å²) < 4.78 is 19.7. The lowest BCUT2D eigenvalue weighted by molar-refractivity contribution is 0.0978. The highest BCUT2D eigenvalue weighted by molar-refractivity contribution is 7.80. The number of nitrogens with one attached hydrogen (secondary N) is 2. The van der Waals surface area contributed by atoms with Gasteiger partial charge in [-0.3, -0.25) is 10.1 Å². The van der Waals surface area contributed by atoms with Crippen molar-refractivity contribution in [2.24, 2.45) is 0 Å². The van der Waals surface area contributed by atoms with Crippen LogP contribution in [0.15, 0.2) is 36.5 Å². The van der Waals surface area contributed by atoms with Gasteiger partial charge < -0.3 is 15.0 Å². The number of pyridine rings is 1. The van der Waals surface area contributed by atoms with E-state index in [0.29, 0.717) is 23.7 Å². The van der Waals surface area contributed by atoms with E-state index >= 15 is 0 Å². The van der Waals surface area contributed by atoms with E-state index in [1.54, 1.807) is 30.5 Å². The second kappa shape index (κ2) is 10.9. The van der Waals surface area contributed by atoms with Gasteiger partial charge in [-0.1, -0.05) is 19.8 Å². The summed E-state index contributed by atoms with van der Waals surface area (Å²) >= 11 is 5.23. The van der Waals surface area contributed by atoms with Crippen molar-refractivity contribution in [3.8, 4) is 5.75 Å². The molecule has 1 amide bonds. The first-order valence-corrected chi connectivity index (χ1v) is 10.7. The van der Waals surface area contributed by atoms with Crippen LogP contribution in [0, 0.1) is 5.82 Å². The quantitative estimate of drug-likeness (QED) is 0.474. The summed E-state index contributed by atoms with van der Waals surface area (Å²) in [5.41, 5.74) is 0.898. The zero-order valence-electron chi connectivity index (χ0n) is 17.1. The van der Waals surface area contributed by atoms with Crippen molar-refractivity contribution in [2.75, 3.05) is 29.9 Å². The molecule has 0 spiro atoms. The van der Waals surface area contributed by atoms with Gasteiger partial charge >= 0.3 is 0 Å². The van der Waals surface area contributed by atoms with Gasteiger partial charge in [0.2, 0.25) is 0 Å². The molecule has 2 aromatic rings. The van der Waals surface area contributed by atoms with Crippen LogP contribution in [0.3, 0.4) is 0 Å². The maximum Gasteiger partial charge on any atom is 0.261 e. The molecule has 6 nitrogen and oxygen atoms in total. The van der Waals surface area contributed by atoms with Crippen molar-refractivity contribution in [2.45, 2.75) is 39.0 Å². The third-order valence-electron chi connectivity index (χ3n) is 4.86. The van der Waals surface area contributed by atoms with Crippen LogP contribution in [0.2, 0.25) is 0 Å². The molecule has 0 aliphatic carbocycles. The fraction of sp³-hybridized carbons (Fsp3) is 0.409. The Morgan fingerprint density at radius 3 is 2.80 bits per heavy atom. The number of hydrogen-bond donors (Lipinski definition) is 2. The summed E-state index contributed by atoms with van der Waals surface area (Å²) in [6.45, 7) is 4.35.